The monoisotopic (exact) mass is 311 g/mol. The van der Waals surface area contributed by atoms with Crippen molar-refractivity contribution in [3.05, 3.63) is 50.9 Å². The van der Waals surface area contributed by atoms with E-state index in [1.807, 2.05) is 0 Å². The van der Waals surface area contributed by atoms with Gasteiger partial charge in [0.1, 0.15) is 6.20 Å². The molecule has 18 heavy (non-hydrogen) atoms. The van der Waals surface area contributed by atoms with E-state index >= 15 is 0 Å². The second kappa shape index (κ2) is 4.57. The first-order chi connectivity index (χ1) is 8.49. The van der Waals surface area contributed by atoms with Gasteiger partial charge >= 0.3 is 11.8 Å². The standard InChI is InChI=1S/C10H6BrN3O4/c11-6-1-2-7(10(15)16)8(3-6)13-4-9(12-5-13)14(17)18/h1-5H,(H,15,16). The molecule has 1 aromatic carbocycles. The molecule has 0 aliphatic carbocycles. The maximum atomic E-state index is 11.1. The highest BCUT2D eigenvalue weighted by atomic mass is 79.9. The van der Waals surface area contributed by atoms with Gasteiger partial charge in [0.25, 0.3) is 0 Å². The largest absolute Gasteiger partial charge is 0.478 e. The molecular weight excluding hydrogens is 306 g/mol. The van der Waals surface area contributed by atoms with Crippen LogP contribution in [0.15, 0.2) is 35.2 Å². The van der Waals surface area contributed by atoms with Crippen LogP contribution in [0.1, 0.15) is 10.4 Å². The molecule has 7 nitrogen and oxygen atoms in total. The van der Waals surface area contributed by atoms with E-state index < -0.39 is 10.9 Å². The molecule has 92 valence electrons. The van der Waals surface area contributed by atoms with Gasteiger partial charge in [-0.3, -0.25) is 4.57 Å². The third-order valence-electron chi connectivity index (χ3n) is 2.22. The maximum Gasteiger partial charge on any atom is 0.381 e. The Kier molecular flexibility index (Phi) is 3.11. The Morgan fingerprint density at radius 2 is 2.22 bits per heavy atom. The number of nitro groups is 1. The number of aromatic nitrogens is 2. The number of imidazole rings is 1. The van der Waals surface area contributed by atoms with Crippen LogP contribution in [0.25, 0.3) is 5.69 Å². The molecule has 0 amide bonds. The van der Waals surface area contributed by atoms with Gasteiger partial charge in [0.05, 0.1) is 11.3 Å². The first-order valence-electron chi connectivity index (χ1n) is 4.70. The second-order valence-corrected chi connectivity index (χ2v) is 4.28. The van der Waals surface area contributed by atoms with Crippen molar-refractivity contribution in [2.45, 2.75) is 0 Å². The molecule has 0 aliphatic rings. The van der Waals surface area contributed by atoms with Gasteiger partial charge in [-0.15, -0.1) is 0 Å². The van der Waals surface area contributed by atoms with Gasteiger partial charge in [-0.2, -0.15) is 0 Å². The van der Waals surface area contributed by atoms with E-state index in [2.05, 4.69) is 20.9 Å². The molecule has 1 heterocycles. The highest BCUT2D eigenvalue weighted by Gasteiger charge is 2.16. The molecule has 0 spiro atoms. The number of hydrogen-bond acceptors (Lipinski definition) is 4. The van der Waals surface area contributed by atoms with E-state index in [9.17, 15) is 14.9 Å². The predicted molar refractivity (Wildman–Crippen MR) is 64.9 cm³/mol. The number of halogens is 1. The molecule has 2 rings (SSSR count). The summed E-state index contributed by atoms with van der Waals surface area (Å²) >= 11 is 3.22. The van der Waals surface area contributed by atoms with Crippen LogP contribution < -0.4 is 0 Å². The quantitative estimate of drug-likeness (QED) is 0.692. The smallest absolute Gasteiger partial charge is 0.381 e. The van der Waals surface area contributed by atoms with Crippen LogP contribution >= 0.6 is 15.9 Å². The predicted octanol–water partition coefficient (Wildman–Crippen LogP) is 2.24. The molecule has 0 fully saturated rings. The van der Waals surface area contributed by atoms with Crippen molar-refractivity contribution in [2.24, 2.45) is 0 Å². The van der Waals surface area contributed by atoms with Crippen molar-refractivity contribution >= 4 is 27.7 Å². The van der Waals surface area contributed by atoms with Gasteiger partial charge in [-0.1, -0.05) is 15.9 Å². The molecule has 0 aliphatic heterocycles. The molecule has 0 saturated carbocycles. The van der Waals surface area contributed by atoms with Gasteiger partial charge in [-0.05, 0) is 28.1 Å². The van der Waals surface area contributed by atoms with Gasteiger partial charge in [0.15, 0.2) is 0 Å². The van der Waals surface area contributed by atoms with E-state index in [1.165, 1.54) is 17.0 Å². The molecule has 8 heteroatoms. The Morgan fingerprint density at radius 1 is 1.50 bits per heavy atom. The highest BCUT2D eigenvalue weighted by Crippen LogP contribution is 2.22. The van der Waals surface area contributed by atoms with Crippen molar-refractivity contribution < 1.29 is 14.8 Å². The zero-order chi connectivity index (χ0) is 13.3. The third-order valence-corrected chi connectivity index (χ3v) is 2.72. The molecule has 0 radical (unpaired) electrons. The zero-order valence-corrected chi connectivity index (χ0v) is 10.4. The fraction of sp³-hybridized carbons (Fsp3) is 0. The lowest BCUT2D eigenvalue weighted by Crippen LogP contribution is -2.04. The van der Waals surface area contributed by atoms with Crippen molar-refractivity contribution in [1.29, 1.82) is 0 Å². The normalized spacial score (nSPS) is 10.3. The molecular formula is C10H6BrN3O4. The summed E-state index contributed by atoms with van der Waals surface area (Å²) in [6.45, 7) is 0. The summed E-state index contributed by atoms with van der Waals surface area (Å²) in [5.74, 6) is -1.46. The topological polar surface area (TPSA) is 98.3 Å². The number of nitrogens with zero attached hydrogens (tertiary/aromatic N) is 3. The van der Waals surface area contributed by atoms with Crippen LogP contribution in [0.5, 0.6) is 0 Å². The Hall–Kier alpha value is -2.22. The lowest BCUT2D eigenvalue weighted by atomic mass is 10.2. The molecule has 0 saturated heterocycles. The zero-order valence-electron chi connectivity index (χ0n) is 8.78. The Morgan fingerprint density at radius 3 is 2.78 bits per heavy atom. The third kappa shape index (κ3) is 2.23. The van der Waals surface area contributed by atoms with Crippen molar-refractivity contribution in [3.8, 4) is 5.69 Å². The van der Waals surface area contributed by atoms with E-state index in [4.69, 9.17) is 5.11 Å². The van der Waals surface area contributed by atoms with Gasteiger partial charge in [-0.25, -0.2) is 4.79 Å². The number of hydrogen-bond donors (Lipinski definition) is 1. The summed E-state index contributed by atoms with van der Waals surface area (Å²) in [4.78, 5) is 24.5. The summed E-state index contributed by atoms with van der Waals surface area (Å²) in [6.07, 6.45) is 2.36. The fourth-order valence-corrected chi connectivity index (χ4v) is 1.79. The van der Waals surface area contributed by atoms with E-state index in [1.54, 1.807) is 12.1 Å². The number of carbonyl (C=O) groups is 1. The molecule has 0 atom stereocenters. The lowest BCUT2D eigenvalue weighted by molar-refractivity contribution is -0.389. The van der Waals surface area contributed by atoms with Crippen LogP contribution in [0, 0.1) is 10.1 Å². The maximum absolute atomic E-state index is 11.1. The summed E-state index contributed by atoms with van der Waals surface area (Å²) in [6, 6.07) is 4.54. The first kappa shape index (κ1) is 12.2. The van der Waals surface area contributed by atoms with E-state index in [-0.39, 0.29) is 11.4 Å². The van der Waals surface area contributed by atoms with E-state index in [0.29, 0.717) is 10.2 Å². The Bertz CT molecular complexity index is 638. The van der Waals surface area contributed by atoms with E-state index in [0.717, 1.165) is 6.20 Å². The molecule has 1 N–H and O–H groups in total. The molecule has 2 aromatic rings. The number of rotatable bonds is 3. The Balaban J connectivity index is 2.57. The minimum Gasteiger partial charge on any atom is -0.478 e. The number of benzene rings is 1. The summed E-state index contributed by atoms with van der Waals surface area (Å²) in [5, 5.41) is 19.6. The number of carboxylic acid groups (broad SMARTS) is 1. The Labute approximate surface area is 109 Å². The van der Waals surface area contributed by atoms with Crippen LogP contribution in [-0.2, 0) is 0 Å². The minimum absolute atomic E-state index is 0.0329. The van der Waals surface area contributed by atoms with Crippen LogP contribution in [0.3, 0.4) is 0 Å². The SMILES string of the molecule is O=C(O)c1ccc(Br)cc1-n1cnc([N+](=O)[O-])c1. The van der Waals surface area contributed by atoms with Gasteiger partial charge < -0.3 is 15.2 Å². The lowest BCUT2D eigenvalue weighted by Gasteiger charge is -2.05. The summed E-state index contributed by atoms with van der Waals surface area (Å²) < 4.78 is 1.96. The van der Waals surface area contributed by atoms with Crippen LogP contribution in [0.4, 0.5) is 5.82 Å². The number of carboxylic acids is 1. The average Bonchev–Trinajstić information content (AvgIpc) is 2.77. The molecule has 1 aromatic heterocycles. The summed E-state index contributed by atoms with van der Waals surface area (Å²) in [7, 11) is 0. The minimum atomic E-state index is -1.12. The van der Waals surface area contributed by atoms with Gasteiger partial charge in [0.2, 0.25) is 6.33 Å². The average molecular weight is 312 g/mol. The first-order valence-corrected chi connectivity index (χ1v) is 5.50. The van der Waals surface area contributed by atoms with Crippen LogP contribution in [0.2, 0.25) is 0 Å². The summed E-state index contributed by atoms with van der Waals surface area (Å²) in [5.41, 5.74) is 0.336. The number of aromatic carboxylic acids is 1. The highest BCUT2D eigenvalue weighted by molar-refractivity contribution is 9.10. The molecule has 0 bridgehead atoms. The second-order valence-electron chi connectivity index (χ2n) is 3.36. The van der Waals surface area contributed by atoms with Crippen molar-refractivity contribution in [1.82, 2.24) is 9.55 Å². The van der Waals surface area contributed by atoms with Crippen molar-refractivity contribution in [2.75, 3.05) is 0 Å². The van der Waals surface area contributed by atoms with Crippen molar-refractivity contribution in [3.63, 3.8) is 0 Å². The van der Waals surface area contributed by atoms with Crippen LogP contribution in [-0.4, -0.2) is 25.6 Å². The van der Waals surface area contributed by atoms with Gasteiger partial charge in [0, 0.05) is 4.47 Å². The fourth-order valence-electron chi connectivity index (χ4n) is 1.44. The molecule has 0 unspecified atom stereocenters.